The molecule has 0 aliphatic heterocycles. The lowest BCUT2D eigenvalue weighted by molar-refractivity contribution is -0.115. The molecule has 1 rings (SSSR count). The van der Waals surface area contributed by atoms with Crippen molar-refractivity contribution in [1.29, 1.82) is 0 Å². The number of hydrogen-bond acceptors (Lipinski definition) is 3. The summed E-state index contributed by atoms with van der Waals surface area (Å²) >= 11 is 6.08. The summed E-state index contributed by atoms with van der Waals surface area (Å²) in [6.07, 6.45) is 1.35. The minimum atomic E-state index is -3.40. The lowest BCUT2D eigenvalue weighted by Crippen LogP contribution is -2.34. The third kappa shape index (κ3) is 6.03. The van der Waals surface area contributed by atoms with Crippen molar-refractivity contribution < 1.29 is 13.2 Å². The Labute approximate surface area is 131 Å². The average molecular weight is 333 g/mol. The Hall–Kier alpha value is -1.11. The summed E-state index contributed by atoms with van der Waals surface area (Å²) in [7, 11) is -3.40. The Morgan fingerprint density at radius 3 is 2.52 bits per heavy atom. The van der Waals surface area contributed by atoms with Gasteiger partial charge in [0, 0.05) is 0 Å². The number of rotatable bonds is 7. The summed E-state index contributed by atoms with van der Waals surface area (Å²) in [4.78, 5) is 11.8. The highest BCUT2D eigenvalue weighted by atomic mass is 35.5. The predicted molar refractivity (Wildman–Crippen MR) is 86.3 cm³/mol. The number of carbonyl (C=O) groups excluding carboxylic acids is 1. The Morgan fingerprint density at radius 1 is 1.29 bits per heavy atom. The number of halogens is 1. The van der Waals surface area contributed by atoms with Crippen molar-refractivity contribution in [3.8, 4) is 0 Å². The van der Waals surface area contributed by atoms with Crippen molar-refractivity contribution in [3.63, 3.8) is 0 Å². The second kappa shape index (κ2) is 7.77. The van der Waals surface area contributed by atoms with Crippen LogP contribution < -0.4 is 10.0 Å². The van der Waals surface area contributed by atoms with Crippen LogP contribution in [0.3, 0.4) is 0 Å². The van der Waals surface area contributed by atoms with Gasteiger partial charge in [0.2, 0.25) is 15.9 Å². The second-order valence-corrected chi connectivity index (χ2v) is 7.31. The van der Waals surface area contributed by atoms with E-state index in [2.05, 4.69) is 10.0 Å². The molecule has 1 amide bonds. The summed E-state index contributed by atoms with van der Waals surface area (Å²) in [6, 6.07) is 3.64. The zero-order valence-electron chi connectivity index (χ0n) is 12.5. The van der Waals surface area contributed by atoms with E-state index in [1.54, 1.807) is 6.07 Å². The van der Waals surface area contributed by atoms with E-state index in [-0.39, 0.29) is 12.3 Å². The fourth-order valence-electron chi connectivity index (χ4n) is 1.84. The van der Waals surface area contributed by atoms with Gasteiger partial charge in [0.05, 0.1) is 23.0 Å². The third-order valence-corrected chi connectivity index (χ3v) is 4.62. The molecular weight excluding hydrogens is 312 g/mol. The Bertz CT molecular complexity index is 592. The molecule has 0 atom stereocenters. The van der Waals surface area contributed by atoms with Gasteiger partial charge in [-0.2, -0.15) is 0 Å². The van der Waals surface area contributed by atoms with Gasteiger partial charge in [0.1, 0.15) is 0 Å². The number of nitrogens with one attached hydrogen (secondary N) is 2. The zero-order chi connectivity index (χ0) is 16.0. The van der Waals surface area contributed by atoms with Crippen LogP contribution in [0.1, 0.15) is 30.9 Å². The molecule has 21 heavy (non-hydrogen) atoms. The first-order chi connectivity index (χ1) is 9.75. The molecule has 0 heterocycles. The fraction of sp³-hybridized carbons (Fsp3) is 0.500. The summed E-state index contributed by atoms with van der Waals surface area (Å²) in [6.45, 7) is 5.35. The topological polar surface area (TPSA) is 75.3 Å². The number of anilines is 1. The first-order valence-corrected chi connectivity index (χ1v) is 8.82. The summed E-state index contributed by atoms with van der Waals surface area (Å²) < 4.78 is 25.5. The standard InChI is InChI=1S/C14H21ClN2O3S/c1-4-5-6-21(19,20)16-9-13(18)17-14-11(3)7-10(2)8-12(14)15/h7-8,16H,4-6,9H2,1-3H3,(H,17,18). The first kappa shape index (κ1) is 17.9. The number of sulfonamides is 1. The number of aryl methyl sites for hydroxylation is 2. The minimum absolute atomic E-state index is 0.0289. The van der Waals surface area contributed by atoms with E-state index in [4.69, 9.17) is 11.6 Å². The molecule has 0 saturated carbocycles. The molecule has 0 spiro atoms. The molecule has 0 fully saturated rings. The average Bonchev–Trinajstić information content (AvgIpc) is 2.38. The minimum Gasteiger partial charge on any atom is -0.323 e. The molecule has 1 aromatic carbocycles. The number of carbonyl (C=O) groups is 1. The zero-order valence-corrected chi connectivity index (χ0v) is 14.1. The fourth-order valence-corrected chi connectivity index (χ4v) is 3.37. The number of amides is 1. The monoisotopic (exact) mass is 332 g/mol. The molecule has 5 nitrogen and oxygen atoms in total. The molecule has 0 unspecified atom stereocenters. The SMILES string of the molecule is CCCCS(=O)(=O)NCC(=O)Nc1c(C)cc(C)cc1Cl. The van der Waals surface area contributed by atoms with E-state index < -0.39 is 15.9 Å². The van der Waals surface area contributed by atoms with Gasteiger partial charge in [-0.15, -0.1) is 0 Å². The molecule has 7 heteroatoms. The second-order valence-electron chi connectivity index (χ2n) is 4.98. The Morgan fingerprint density at radius 2 is 1.95 bits per heavy atom. The Balaban J connectivity index is 2.63. The molecule has 0 saturated heterocycles. The van der Waals surface area contributed by atoms with Crippen LogP contribution in [0.4, 0.5) is 5.69 Å². The maximum absolute atomic E-state index is 11.8. The van der Waals surface area contributed by atoms with Gasteiger partial charge in [-0.05, 0) is 37.5 Å². The number of unbranched alkanes of at least 4 members (excludes halogenated alkanes) is 1. The maximum atomic E-state index is 11.8. The van der Waals surface area contributed by atoms with E-state index in [1.807, 2.05) is 26.8 Å². The van der Waals surface area contributed by atoms with E-state index in [0.717, 1.165) is 17.5 Å². The quantitative estimate of drug-likeness (QED) is 0.806. The van der Waals surface area contributed by atoms with Crippen molar-refractivity contribution in [2.24, 2.45) is 0 Å². The van der Waals surface area contributed by atoms with E-state index in [1.165, 1.54) is 0 Å². The van der Waals surface area contributed by atoms with Crippen molar-refractivity contribution in [1.82, 2.24) is 4.72 Å². The van der Waals surface area contributed by atoms with E-state index >= 15 is 0 Å². The molecule has 0 aromatic heterocycles. The van der Waals surface area contributed by atoms with Crippen LogP contribution in [-0.2, 0) is 14.8 Å². The molecule has 118 valence electrons. The largest absolute Gasteiger partial charge is 0.323 e. The summed E-state index contributed by atoms with van der Waals surface area (Å²) in [5, 5.41) is 3.08. The number of benzene rings is 1. The lowest BCUT2D eigenvalue weighted by Gasteiger charge is -2.12. The van der Waals surface area contributed by atoms with Crippen LogP contribution in [0, 0.1) is 13.8 Å². The van der Waals surface area contributed by atoms with Crippen LogP contribution in [0.25, 0.3) is 0 Å². The highest BCUT2D eigenvalue weighted by Gasteiger charge is 2.13. The lowest BCUT2D eigenvalue weighted by atomic mass is 10.1. The van der Waals surface area contributed by atoms with Crippen LogP contribution in [0.2, 0.25) is 5.02 Å². The maximum Gasteiger partial charge on any atom is 0.239 e. The molecule has 1 aromatic rings. The van der Waals surface area contributed by atoms with Gasteiger partial charge < -0.3 is 5.32 Å². The van der Waals surface area contributed by atoms with Gasteiger partial charge in [0.15, 0.2) is 0 Å². The van der Waals surface area contributed by atoms with Gasteiger partial charge in [-0.3, -0.25) is 4.79 Å². The van der Waals surface area contributed by atoms with Crippen LogP contribution in [0.15, 0.2) is 12.1 Å². The van der Waals surface area contributed by atoms with Crippen molar-refractivity contribution in [2.75, 3.05) is 17.6 Å². The molecule has 0 aliphatic rings. The number of hydrogen-bond donors (Lipinski definition) is 2. The van der Waals surface area contributed by atoms with Crippen molar-refractivity contribution in [2.45, 2.75) is 33.6 Å². The highest BCUT2D eigenvalue weighted by molar-refractivity contribution is 7.89. The van der Waals surface area contributed by atoms with Crippen LogP contribution >= 0.6 is 11.6 Å². The third-order valence-electron chi connectivity index (χ3n) is 2.92. The highest BCUT2D eigenvalue weighted by Crippen LogP contribution is 2.27. The molecule has 0 aliphatic carbocycles. The smallest absolute Gasteiger partial charge is 0.239 e. The van der Waals surface area contributed by atoms with E-state index in [9.17, 15) is 13.2 Å². The first-order valence-electron chi connectivity index (χ1n) is 6.79. The molecular formula is C14H21ClN2O3S. The molecule has 0 bridgehead atoms. The van der Waals surface area contributed by atoms with Crippen LogP contribution in [0.5, 0.6) is 0 Å². The predicted octanol–water partition coefficient (Wildman–Crippen LogP) is 2.61. The van der Waals surface area contributed by atoms with Crippen LogP contribution in [-0.4, -0.2) is 26.6 Å². The van der Waals surface area contributed by atoms with Gasteiger partial charge in [-0.1, -0.05) is 31.0 Å². The van der Waals surface area contributed by atoms with E-state index in [0.29, 0.717) is 17.1 Å². The van der Waals surface area contributed by atoms with Gasteiger partial charge in [0.25, 0.3) is 0 Å². The molecule has 2 N–H and O–H groups in total. The van der Waals surface area contributed by atoms with Crippen molar-refractivity contribution >= 4 is 33.2 Å². The summed E-state index contributed by atoms with van der Waals surface area (Å²) in [5.41, 5.74) is 2.35. The summed E-state index contributed by atoms with van der Waals surface area (Å²) in [5.74, 6) is -0.412. The molecule has 0 radical (unpaired) electrons. The Kier molecular flexibility index (Phi) is 6.64. The normalized spacial score (nSPS) is 11.4. The van der Waals surface area contributed by atoms with Gasteiger partial charge in [-0.25, -0.2) is 13.1 Å². The van der Waals surface area contributed by atoms with Gasteiger partial charge >= 0.3 is 0 Å². The van der Waals surface area contributed by atoms with Crippen molar-refractivity contribution in [3.05, 3.63) is 28.3 Å².